The Labute approximate surface area is 135 Å². The van der Waals surface area contributed by atoms with Crippen molar-refractivity contribution < 1.29 is 17.9 Å². The quantitative estimate of drug-likeness (QED) is 0.865. The van der Waals surface area contributed by atoms with E-state index in [1.54, 1.807) is 30.3 Å². The molecular formula is C17H17NO4S. The van der Waals surface area contributed by atoms with Crippen LogP contribution in [-0.2, 0) is 14.6 Å². The molecule has 2 aromatic rings. The molecular weight excluding hydrogens is 314 g/mol. The van der Waals surface area contributed by atoms with E-state index in [4.69, 9.17) is 4.74 Å². The van der Waals surface area contributed by atoms with Crippen molar-refractivity contribution >= 4 is 21.4 Å². The molecule has 23 heavy (non-hydrogen) atoms. The predicted octanol–water partition coefficient (Wildman–Crippen LogP) is 2.19. The molecule has 0 radical (unpaired) electrons. The van der Waals surface area contributed by atoms with Gasteiger partial charge in [-0.05, 0) is 31.2 Å². The summed E-state index contributed by atoms with van der Waals surface area (Å²) in [7, 11) is -3.32. The summed E-state index contributed by atoms with van der Waals surface area (Å²) in [6.45, 7) is 1.99. The maximum absolute atomic E-state index is 12.4. The molecule has 0 fully saturated rings. The number of anilines is 1. The number of para-hydroxylation sites is 1. The van der Waals surface area contributed by atoms with Crippen molar-refractivity contribution in [1.82, 2.24) is 0 Å². The van der Waals surface area contributed by atoms with Gasteiger partial charge in [0.25, 0.3) is 5.91 Å². The molecule has 0 saturated heterocycles. The lowest BCUT2D eigenvalue weighted by atomic mass is 10.2. The third-order valence-corrected chi connectivity index (χ3v) is 5.49. The van der Waals surface area contributed by atoms with Crippen molar-refractivity contribution in [3.8, 4) is 5.75 Å². The van der Waals surface area contributed by atoms with Gasteiger partial charge in [0.05, 0.1) is 16.3 Å². The number of carbonyl (C=O) groups excluding carboxylic acids is 1. The van der Waals surface area contributed by atoms with Crippen molar-refractivity contribution in [2.24, 2.45) is 0 Å². The van der Waals surface area contributed by atoms with Gasteiger partial charge < -0.3 is 9.64 Å². The molecule has 1 heterocycles. The highest BCUT2D eigenvalue weighted by Gasteiger charge is 2.31. The molecule has 1 aliphatic heterocycles. The minimum Gasteiger partial charge on any atom is -0.484 e. The number of carbonyl (C=O) groups is 1. The first-order chi connectivity index (χ1) is 11.0. The van der Waals surface area contributed by atoms with E-state index in [1.807, 2.05) is 19.1 Å². The van der Waals surface area contributed by atoms with E-state index in [0.717, 1.165) is 5.56 Å². The first-order valence-corrected chi connectivity index (χ1v) is 8.94. The Balaban J connectivity index is 1.77. The molecule has 0 unspecified atom stereocenters. The third-order valence-electron chi connectivity index (χ3n) is 3.76. The van der Waals surface area contributed by atoms with E-state index in [0.29, 0.717) is 11.4 Å². The molecule has 0 aliphatic carbocycles. The summed E-state index contributed by atoms with van der Waals surface area (Å²) in [5.74, 6) is 0.287. The monoisotopic (exact) mass is 331 g/mol. The smallest absolute Gasteiger partial charge is 0.264 e. The molecule has 120 valence electrons. The van der Waals surface area contributed by atoms with E-state index < -0.39 is 9.84 Å². The van der Waals surface area contributed by atoms with Crippen LogP contribution >= 0.6 is 0 Å². The summed E-state index contributed by atoms with van der Waals surface area (Å²) in [6, 6.07) is 14.0. The normalized spacial score (nSPS) is 15.8. The summed E-state index contributed by atoms with van der Waals surface area (Å²) in [6.07, 6.45) is 0. The van der Waals surface area contributed by atoms with E-state index in [1.165, 1.54) is 11.0 Å². The number of nitrogens with zero attached hydrogens (tertiary/aromatic N) is 1. The summed E-state index contributed by atoms with van der Waals surface area (Å²) in [5, 5.41) is 0. The van der Waals surface area contributed by atoms with Crippen LogP contribution in [0.4, 0.5) is 5.69 Å². The zero-order chi connectivity index (χ0) is 16.4. The Bertz CT molecular complexity index is 828. The molecule has 2 aromatic carbocycles. The van der Waals surface area contributed by atoms with Crippen LogP contribution in [0.5, 0.6) is 5.75 Å². The van der Waals surface area contributed by atoms with Gasteiger partial charge >= 0.3 is 0 Å². The van der Waals surface area contributed by atoms with Crippen LogP contribution in [0, 0.1) is 6.92 Å². The minimum absolute atomic E-state index is 0.0692. The molecule has 0 N–H and O–H groups in total. The van der Waals surface area contributed by atoms with E-state index in [2.05, 4.69) is 0 Å². The average molecular weight is 331 g/mol. The van der Waals surface area contributed by atoms with E-state index in [-0.39, 0.29) is 29.7 Å². The van der Waals surface area contributed by atoms with Crippen molar-refractivity contribution in [2.45, 2.75) is 11.8 Å². The summed E-state index contributed by atoms with van der Waals surface area (Å²) in [4.78, 5) is 14.1. The second kappa shape index (κ2) is 6.04. The van der Waals surface area contributed by atoms with Gasteiger partial charge in [-0.1, -0.05) is 29.8 Å². The van der Waals surface area contributed by atoms with Gasteiger partial charge in [0.15, 0.2) is 16.4 Å². The Morgan fingerprint density at radius 2 is 1.83 bits per heavy atom. The average Bonchev–Trinajstić information content (AvgIpc) is 2.54. The highest BCUT2D eigenvalue weighted by Crippen LogP contribution is 2.30. The highest BCUT2D eigenvalue weighted by atomic mass is 32.2. The van der Waals surface area contributed by atoms with E-state index >= 15 is 0 Å². The number of rotatable bonds is 3. The summed E-state index contributed by atoms with van der Waals surface area (Å²) >= 11 is 0. The van der Waals surface area contributed by atoms with Gasteiger partial charge in [-0.3, -0.25) is 4.79 Å². The molecule has 0 spiro atoms. The van der Waals surface area contributed by atoms with Gasteiger partial charge in [0, 0.05) is 6.54 Å². The van der Waals surface area contributed by atoms with Crippen LogP contribution in [-0.4, -0.2) is 33.2 Å². The topological polar surface area (TPSA) is 63.7 Å². The number of benzene rings is 2. The van der Waals surface area contributed by atoms with Crippen molar-refractivity contribution in [3.05, 3.63) is 54.1 Å². The van der Waals surface area contributed by atoms with E-state index in [9.17, 15) is 13.2 Å². The largest absolute Gasteiger partial charge is 0.484 e. The molecule has 6 heteroatoms. The second-order valence-corrected chi connectivity index (χ2v) is 7.51. The highest BCUT2D eigenvalue weighted by molar-refractivity contribution is 7.91. The Kier molecular flexibility index (Phi) is 4.09. The lowest BCUT2D eigenvalue weighted by Gasteiger charge is -2.29. The number of hydrogen-bond donors (Lipinski definition) is 0. The fraction of sp³-hybridized carbons (Fsp3) is 0.235. The number of fused-ring (bicyclic) bond motifs is 1. The number of hydrogen-bond acceptors (Lipinski definition) is 4. The van der Waals surface area contributed by atoms with Crippen LogP contribution in [0.2, 0.25) is 0 Å². The fourth-order valence-corrected chi connectivity index (χ4v) is 3.93. The van der Waals surface area contributed by atoms with Gasteiger partial charge in [-0.15, -0.1) is 0 Å². The molecule has 0 aromatic heterocycles. The second-order valence-electron chi connectivity index (χ2n) is 5.43. The predicted molar refractivity (Wildman–Crippen MR) is 87.5 cm³/mol. The van der Waals surface area contributed by atoms with Crippen LogP contribution in [0.1, 0.15) is 5.56 Å². The standard InChI is InChI=1S/C17H17NO4S/c1-13-6-8-14(9-7-13)22-12-17(19)18-10-11-23(20,21)16-5-3-2-4-15(16)18/h2-9H,10-12H2,1H3. The Hall–Kier alpha value is -2.34. The number of sulfone groups is 1. The zero-order valence-corrected chi connectivity index (χ0v) is 13.5. The molecule has 1 amide bonds. The summed E-state index contributed by atoms with van der Waals surface area (Å²) in [5.41, 5.74) is 1.54. The zero-order valence-electron chi connectivity index (χ0n) is 12.7. The van der Waals surface area contributed by atoms with Crippen LogP contribution < -0.4 is 9.64 Å². The molecule has 0 bridgehead atoms. The minimum atomic E-state index is -3.32. The van der Waals surface area contributed by atoms with Crippen LogP contribution in [0.25, 0.3) is 0 Å². The molecule has 0 atom stereocenters. The van der Waals surface area contributed by atoms with Crippen LogP contribution in [0.15, 0.2) is 53.4 Å². The summed E-state index contributed by atoms with van der Waals surface area (Å²) < 4.78 is 29.7. The van der Waals surface area contributed by atoms with Gasteiger partial charge in [-0.25, -0.2) is 8.42 Å². The van der Waals surface area contributed by atoms with Crippen LogP contribution in [0.3, 0.4) is 0 Å². The van der Waals surface area contributed by atoms with Gasteiger partial charge in [0.1, 0.15) is 5.75 Å². The Morgan fingerprint density at radius 1 is 1.13 bits per heavy atom. The van der Waals surface area contributed by atoms with Gasteiger partial charge in [0.2, 0.25) is 0 Å². The Morgan fingerprint density at radius 3 is 2.57 bits per heavy atom. The maximum atomic E-state index is 12.4. The lowest BCUT2D eigenvalue weighted by Crippen LogP contribution is -2.42. The van der Waals surface area contributed by atoms with Gasteiger partial charge in [-0.2, -0.15) is 0 Å². The fourth-order valence-electron chi connectivity index (χ4n) is 2.50. The first-order valence-electron chi connectivity index (χ1n) is 7.29. The molecule has 5 nitrogen and oxygen atoms in total. The number of ether oxygens (including phenoxy) is 1. The maximum Gasteiger partial charge on any atom is 0.264 e. The first kappa shape index (κ1) is 15.6. The lowest BCUT2D eigenvalue weighted by molar-refractivity contribution is -0.120. The third kappa shape index (κ3) is 3.22. The van der Waals surface area contributed by atoms with Crippen molar-refractivity contribution in [1.29, 1.82) is 0 Å². The molecule has 0 saturated carbocycles. The molecule has 1 aliphatic rings. The molecule has 3 rings (SSSR count). The number of amides is 1. The number of aryl methyl sites for hydroxylation is 1. The van der Waals surface area contributed by atoms with Crippen molar-refractivity contribution in [3.63, 3.8) is 0 Å². The SMILES string of the molecule is Cc1ccc(OCC(=O)N2CCS(=O)(=O)c3ccccc32)cc1. The van der Waals surface area contributed by atoms with Crippen molar-refractivity contribution in [2.75, 3.05) is 23.8 Å².